The van der Waals surface area contributed by atoms with Crippen LogP contribution in [0.15, 0.2) is 35.2 Å². The van der Waals surface area contributed by atoms with Crippen LogP contribution in [-0.2, 0) is 16.1 Å². The number of aromatic nitrogens is 2. The van der Waals surface area contributed by atoms with E-state index in [4.69, 9.17) is 20.9 Å². The predicted octanol–water partition coefficient (Wildman–Crippen LogP) is 2.60. The van der Waals surface area contributed by atoms with Gasteiger partial charge in [0.25, 0.3) is 0 Å². The zero-order chi connectivity index (χ0) is 15.4. The normalized spacial score (nSPS) is 17.9. The van der Waals surface area contributed by atoms with Crippen LogP contribution >= 0.6 is 11.6 Å². The van der Waals surface area contributed by atoms with Crippen LogP contribution in [0.2, 0.25) is 5.02 Å². The van der Waals surface area contributed by atoms with Gasteiger partial charge < -0.3 is 14.2 Å². The van der Waals surface area contributed by atoms with Crippen LogP contribution in [0.1, 0.15) is 30.3 Å². The molecule has 1 aromatic heterocycles. The first-order valence-electron chi connectivity index (χ1n) is 7.12. The van der Waals surface area contributed by atoms with Crippen molar-refractivity contribution >= 4 is 17.5 Å². The van der Waals surface area contributed by atoms with Crippen LogP contribution in [0.4, 0.5) is 0 Å². The molecule has 1 atom stereocenters. The lowest BCUT2D eigenvalue weighted by Crippen LogP contribution is -2.34. The van der Waals surface area contributed by atoms with Crippen molar-refractivity contribution in [2.24, 2.45) is 0 Å². The molecule has 0 spiro atoms. The van der Waals surface area contributed by atoms with E-state index >= 15 is 0 Å². The quantitative estimate of drug-likeness (QED) is 0.846. The number of nitrogens with zero attached hydrogens (tertiary/aromatic N) is 3. The lowest BCUT2D eigenvalue weighted by Gasteiger charge is -2.22. The van der Waals surface area contributed by atoms with E-state index in [0.29, 0.717) is 24.0 Å². The number of carbonyl (C=O) groups excluding carboxylic acids is 1. The van der Waals surface area contributed by atoms with Crippen LogP contribution in [-0.4, -0.2) is 34.1 Å². The van der Waals surface area contributed by atoms with Gasteiger partial charge in [-0.25, -0.2) is 0 Å². The number of benzene rings is 1. The first-order valence-corrected chi connectivity index (χ1v) is 7.50. The Bertz CT molecular complexity index is 633. The molecule has 2 heterocycles. The minimum absolute atomic E-state index is 0.0135. The number of halogens is 1. The third-order valence-electron chi connectivity index (χ3n) is 3.69. The van der Waals surface area contributed by atoms with Gasteiger partial charge in [-0.1, -0.05) is 35.0 Å². The molecule has 1 saturated heterocycles. The Kier molecular flexibility index (Phi) is 4.70. The van der Waals surface area contributed by atoms with E-state index in [9.17, 15) is 4.79 Å². The van der Waals surface area contributed by atoms with Gasteiger partial charge in [0.05, 0.1) is 12.6 Å². The molecule has 1 aliphatic heterocycles. The first kappa shape index (κ1) is 15.0. The lowest BCUT2D eigenvalue weighted by atomic mass is 10.2. The monoisotopic (exact) mass is 321 g/mol. The summed E-state index contributed by atoms with van der Waals surface area (Å²) in [7, 11) is 0. The molecule has 6 nitrogen and oxygen atoms in total. The van der Waals surface area contributed by atoms with Gasteiger partial charge in [-0.05, 0) is 24.5 Å². The van der Waals surface area contributed by atoms with E-state index in [-0.39, 0.29) is 18.6 Å². The molecule has 0 aliphatic carbocycles. The zero-order valence-corrected chi connectivity index (χ0v) is 12.7. The molecule has 1 fully saturated rings. The summed E-state index contributed by atoms with van der Waals surface area (Å²) < 4.78 is 10.3. The van der Waals surface area contributed by atoms with E-state index in [1.165, 1.54) is 6.39 Å². The maximum atomic E-state index is 12.3. The first-order chi connectivity index (χ1) is 10.8. The van der Waals surface area contributed by atoms with Crippen LogP contribution in [0.5, 0.6) is 0 Å². The van der Waals surface area contributed by atoms with Gasteiger partial charge in [0.15, 0.2) is 5.82 Å². The van der Waals surface area contributed by atoms with Crippen molar-refractivity contribution in [1.82, 2.24) is 15.0 Å². The highest BCUT2D eigenvalue weighted by Crippen LogP contribution is 2.29. The Labute approximate surface area is 133 Å². The molecule has 0 radical (unpaired) electrons. The fraction of sp³-hybridized carbons (Fsp3) is 0.400. The second kappa shape index (κ2) is 6.89. The van der Waals surface area contributed by atoms with Crippen molar-refractivity contribution in [2.45, 2.75) is 25.5 Å². The third-order valence-corrected chi connectivity index (χ3v) is 4.06. The average Bonchev–Trinajstić information content (AvgIpc) is 3.19. The number of rotatable bonds is 5. The summed E-state index contributed by atoms with van der Waals surface area (Å²) in [5, 5.41) is 4.47. The molecule has 0 N–H and O–H groups in total. The number of likely N-dealkylation sites (tertiary alicyclic amines) is 1. The molecule has 22 heavy (non-hydrogen) atoms. The summed E-state index contributed by atoms with van der Waals surface area (Å²) in [6.45, 7) is 1.01. The number of hydrogen-bond donors (Lipinski definition) is 0. The van der Waals surface area contributed by atoms with Crippen LogP contribution in [0, 0.1) is 0 Å². The Balaban J connectivity index is 1.54. The smallest absolute Gasteiger partial charge is 0.249 e. The van der Waals surface area contributed by atoms with Crippen LogP contribution in [0.25, 0.3) is 0 Å². The lowest BCUT2D eigenvalue weighted by molar-refractivity contribution is -0.137. The summed E-state index contributed by atoms with van der Waals surface area (Å²) in [6.07, 6.45) is 3.05. The SMILES string of the molecule is O=C(COCc1ccccc1Cl)N1CCCC1c1ncon1. The average molecular weight is 322 g/mol. The topological polar surface area (TPSA) is 68.5 Å². The Morgan fingerprint density at radius 1 is 1.45 bits per heavy atom. The molecule has 1 aromatic carbocycles. The Hall–Kier alpha value is -1.92. The fourth-order valence-electron chi connectivity index (χ4n) is 2.61. The maximum Gasteiger partial charge on any atom is 0.249 e. The summed E-state index contributed by atoms with van der Waals surface area (Å²) in [4.78, 5) is 18.1. The molecular weight excluding hydrogens is 306 g/mol. The highest BCUT2D eigenvalue weighted by Gasteiger charge is 2.32. The Morgan fingerprint density at radius 2 is 2.32 bits per heavy atom. The summed E-state index contributed by atoms with van der Waals surface area (Å²) in [5.74, 6) is 0.483. The second-order valence-corrected chi connectivity index (χ2v) is 5.53. The molecule has 7 heteroatoms. The molecular formula is C15H16ClN3O3. The van der Waals surface area contributed by atoms with Gasteiger partial charge in [-0.3, -0.25) is 4.79 Å². The summed E-state index contributed by atoms with van der Waals surface area (Å²) in [6, 6.07) is 7.31. The van der Waals surface area contributed by atoms with Crippen molar-refractivity contribution in [3.63, 3.8) is 0 Å². The number of amides is 1. The van der Waals surface area contributed by atoms with E-state index in [2.05, 4.69) is 10.1 Å². The molecule has 0 saturated carbocycles. The van der Waals surface area contributed by atoms with Gasteiger partial charge in [-0.2, -0.15) is 4.98 Å². The predicted molar refractivity (Wildman–Crippen MR) is 79.1 cm³/mol. The van der Waals surface area contributed by atoms with Crippen molar-refractivity contribution in [1.29, 1.82) is 0 Å². The highest BCUT2D eigenvalue weighted by atomic mass is 35.5. The van der Waals surface area contributed by atoms with Crippen molar-refractivity contribution < 1.29 is 14.1 Å². The largest absolute Gasteiger partial charge is 0.367 e. The minimum Gasteiger partial charge on any atom is -0.367 e. The fourth-order valence-corrected chi connectivity index (χ4v) is 2.80. The van der Waals surface area contributed by atoms with Gasteiger partial charge in [0.1, 0.15) is 6.61 Å². The minimum atomic E-state index is -0.116. The van der Waals surface area contributed by atoms with E-state index < -0.39 is 0 Å². The third kappa shape index (κ3) is 3.28. The van der Waals surface area contributed by atoms with Crippen molar-refractivity contribution in [3.8, 4) is 0 Å². The van der Waals surface area contributed by atoms with Crippen molar-refractivity contribution in [3.05, 3.63) is 47.1 Å². The van der Waals surface area contributed by atoms with E-state index in [1.54, 1.807) is 11.0 Å². The summed E-state index contributed by atoms with van der Waals surface area (Å²) in [5.41, 5.74) is 0.869. The molecule has 0 bridgehead atoms. The van der Waals surface area contributed by atoms with Crippen molar-refractivity contribution in [2.75, 3.05) is 13.2 Å². The number of hydrogen-bond acceptors (Lipinski definition) is 5. The van der Waals surface area contributed by atoms with Gasteiger partial charge in [0, 0.05) is 11.6 Å². The highest BCUT2D eigenvalue weighted by molar-refractivity contribution is 6.31. The molecule has 116 valence electrons. The van der Waals surface area contributed by atoms with E-state index in [0.717, 1.165) is 18.4 Å². The van der Waals surface area contributed by atoms with Crippen LogP contribution in [0.3, 0.4) is 0 Å². The molecule has 2 aromatic rings. The number of carbonyl (C=O) groups is 1. The number of ether oxygens (including phenoxy) is 1. The molecule has 1 amide bonds. The summed E-state index contributed by atoms with van der Waals surface area (Å²) >= 11 is 6.06. The van der Waals surface area contributed by atoms with Gasteiger partial charge in [0.2, 0.25) is 12.3 Å². The molecule has 1 aliphatic rings. The second-order valence-electron chi connectivity index (χ2n) is 5.12. The molecule has 1 unspecified atom stereocenters. The standard InChI is InChI=1S/C15H16ClN3O3/c16-12-5-2-1-4-11(12)8-21-9-14(20)19-7-3-6-13(19)15-17-10-22-18-15/h1-2,4-5,10,13H,3,6-9H2. The van der Waals surface area contributed by atoms with Crippen LogP contribution < -0.4 is 0 Å². The van der Waals surface area contributed by atoms with Gasteiger partial charge in [-0.15, -0.1) is 0 Å². The zero-order valence-electron chi connectivity index (χ0n) is 11.9. The molecule has 3 rings (SSSR count). The van der Waals surface area contributed by atoms with Gasteiger partial charge >= 0.3 is 0 Å². The Morgan fingerprint density at radius 3 is 3.09 bits per heavy atom. The maximum absolute atomic E-state index is 12.3. The van der Waals surface area contributed by atoms with E-state index in [1.807, 2.05) is 18.2 Å².